The van der Waals surface area contributed by atoms with Crippen LogP contribution in [0.15, 0.2) is 18.2 Å². The smallest absolute Gasteiger partial charge is 0.153 e. The van der Waals surface area contributed by atoms with Crippen LogP contribution in [0, 0.1) is 0 Å². The van der Waals surface area contributed by atoms with Crippen molar-refractivity contribution in [3.8, 4) is 5.75 Å². The Bertz CT molecular complexity index is 435. The monoisotopic (exact) mass is 318 g/mol. The van der Waals surface area contributed by atoms with Gasteiger partial charge >= 0.3 is 0 Å². The van der Waals surface area contributed by atoms with Crippen molar-refractivity contribution in [2.24, 2.45) is 0 Å². The number of likely N-dealkylation sites (N-methyl/N-ethyl adjacent to an activating group) is 1. The van der Waals surface area contributed by atoms with Gasteiger partial charge in [0.2, 0.25) is 0 Å². The highest BCUT2D eigenvalue weighted by molar-refractivity contribution is 6.30. The molecule has 0 radical (unpaired) electrons. The van der Waals surface area contributed by atoms with Gasteiger partial charge in [-0.25, -0.2) is 0 Å². The Morgan fingerprint density at radius 3 is 2.65 bits per heavy atom. The molecule has 20 heavy (non-hydrogen) atoms. The molecule has 0 saturated carbocycles. The summed E-state index contributed by atoms with van der Waals surface area (Å²) in [6.45, 7) is 5.81. The average molecular weight is 319 g/mol. The van der Waals surface area contributed by atoms with E-state index >= 15 is 0 Å². The molecule has 0 spiro atoms. The van der Waals surface area contributed by atoms with Gasteiger partial charge < -0.3 is 9.64 Å². The van der Waals surface area contributed by atoms with Crippen LogP contribution in [0.2, 0.25) is 5.02 Å². The van der Waals surface area contributed by atoms with Gasteiger partial charge in [-0.05, 0) is 25.2 Å². The maximum atomic E-state index is 10.9. The zero-order valence-electron chi connectivity index (χ0n) is 11.5. The first-order valence-corrected chi connectivity index (χ1v) is 6.85. The number of aldehydes is 1. The highest BCUT2D eigenvalue weighted by Gasteiger charge is 2.13. The summed E-state index contributed by atoms with van der Waals surface area (Å²) in [5.41, 5.74) is 0.505. The van der Waals surface area contributed by atoms with Gasteiger partial charge in [0.25, 0.3) is 0 Å². The second-order valence-corrected chi connectivity index (χ2v) is 5.23. The van der Waals surface area contributed by atoms with E-state index in [1.165, 1.54) is 0 Å². The molecular weight excluding hydrogens is 299 g/mol. The average Bonchev–Trinajstić information content (AvgIpc) is 2.42. The molecule has 1 aromatic carbocycles. The standard InChI is InChI=1S/C14H19ClN2O2.ClH/c1-16-4-6-17(7-5-16)8-9-19-14-3-2-13(15)10-12(14)11-18;/h2-3,10-11H,4-9H2,1H3;1H. The molecule has 0 bridgehead atoms. The fourth-order valence-corrected chi connectivity index (χ4v) is 2.28. The SMILES string of the molecule is CN1CCN(CCOc2ccc(Cl)cc2C=O)CC1.Cl. The number of piperazine rings is 1. The van der Waals surface area contributed by atoms with Gasteiger partial charge in [-0.3, -0.25) is 9.69 Å². The third kappa shape index (κ3) is 4.94. The van der Waals surface area contributed by atoms with Crippen LogP contribution in [0.4, 0.5) is 0 Å². The van der Waals surface area contributed by atoms with Crippen LogP contribution < -0.4 is 4.74 Å². The number of rotatable bonds is 5. The Morgan fingerprint density at radius 2 is 2.00 bits per heavy atom. The maximum absolute atomic E-state index is 10.9. The first-order valence-electron chi connectivity index (χ1n) is 6.47. The van der Waals surface area contributed by atoms with Crippen LogP contribution in [-0.4, -0.2) is 62.5 Å². The number of hydrogen-bond donors (Lipinski definition) is 0. The van der Waals surface area contributed by atoms with Crippen LogP contribution in [-0.2, 0) is 0 Å². The zero-order valence-corrected chi connectivity index (χ0v) is 13.1. The molecule has 1 heterocycles. The molecule has 2 rings (SSSR count). The van der Waals surface area contributed by atoms with E-state index in [0.29, 0.717) is 22.9 Å². The van der Waals surface area contributed by atoms with E-state index < -0.39 is 0 Å². The van der Waals surface area contributed by atoms with Gasteiger partial charge in [0, 0.05) is 37.7 Å². The van der Waals surface area contributed by atoms with Crippen molar-refractivity contribution >= 4 is 30.3 Å². The van der Waals surface area contributed by atoms with Crippen LogP contribution in [0.3, 0.4) is 0 Å². The molecule has 0 atom stereocenters. The van der Waals surface area contributed by atoms with Crippen LogP contribution in [0.5, 0.6) is 5.75 Å². The number of carbonyl (C=O) groups excluding carboxylic acids is 1. The Morgan fingerprint density at radius 1 is 1.30 bits per heavy atom. The fourth-order valence-electron chi connectivity index (χ4n) is 2.10. The summed E-state index contributed by atoms with van der Waals surface area (Å²) in [4.78, 5) is 15.6. The number of halogens is 2. The lowest BCUT2D eigenvalue weighted by atomic mass is 10.2. The number of benzene rings is 1. The first-order chi connectivity index (χ1) is 9.19. The number of carbonyl (C=O) groups is 1. The molecule has 4 nitrogen and oxygen atoms in total. The maximum Gasteiger partial charge on any atom is 0.153 e. The van der Waals surface area contributed by atoms with Gasteiger partial charge in [-0.15, -0.1) is 12.4 Å². The summed E-state index contributed by atoms with van der Waals surface area (Å²) in [7, 11) is 2.14. The van der Waals surface area contributed by atoms with Crippen molar-refractivity contribution in [3.63, 3.8) is 0 Å². The minimum absolute atomic E-state index is 0. The third-order valence-electron chi connectivity index (χ3n) is 3.36. The largest absolute Gasteiger partial charge is 0.492 e. The van der Waals surface area contributed by atoms with Crippen LogP contribution in [0.25, 0.3) is 0 Å². The topological polar surface area (TPSA) is 32.8 Å². The number of nitrogens with zero attached hydrogens (tertiary/aromatic N) is 2. The van der Waals surface area contributed by atoms with Crippen molar-refractivity contribution in [1.82, 2.24) is 9.80 Å². The summed E-state index contributed by atoms with van der Waals surface area (Å²) in [5.74, 6) is 0.605. The predicted molar refractivity (Wildman–Crippen MR) is 83.5 cm³/mol. The third-order valence-corrected chi connectivity index (χ3v) is 3.59. The molecule has 0 aromatic heterocycles. The summed E-state index contributed by atoms with van der Waals surface area (Å²) < 4.78 is 5.67. The molecule has 1 aliphatic heterocycles. The minimum Gasteiger partial charge on any atom is -0.492 e. The van der Waals surface area contributed by atoms with Crippen molar-refractivity contribution in [2.45, 2.75) is 0 Å². The Labute approximate surface area is 131 Å². The zero-order chi connectivity index (χ0) is 13.7. The molecule has 1 saturated heterocycles. The first kappa shape index (κ1) is 17.2. The van der Waals surface area contributed by atoms with E-state index in [2.05, 4.69) is 16.8 Å². The van der Waals surface area contributed by atoms with Crippen molar-refractivity contribution in [3.05, 3.63) is 28.8 Å². The molecule has 6 heteroatoms. The van der Waals surface area contributed by atoms with E-state index in [4.69, 9.17) is 16.3 Å². The predicted octanol–water partition coefficient (Wildman–Crippen LogP) is 2.20. The van der Waals surface area contributed by atoms with E-state index in [9.17, 15) is 4.79 Å². The summed E-state index contributed by atoms with van der Waals surface area (Å²) in [5, 5.41) is 0.550. The second kappa shape index (κ2) is 8.47. The van der Waals surface area contributed by atoms with Gasteiger partial charge in [0.15, 0.2) is 6.29 Å². The fraction of sp³-hybridized carbons (Fsp3) is 0.500. The van der Waals surface area contributed by atoms with E-state index in [0.717, 1.165) is 39.0 Å². The molecule has 1 aromatic rings. The second-order valence-electron chi connectivity index (χ2n) is 4.79. The lowest BCUT2D eigenvalue weighted by molar-refractivity contribution is 0.111. The Kier molecular flexibility index (Phi) is 7.30. The lowest BCUT2D eigenvalue weighted by Gasteiger charge is -2.32. The summed E-state index contributed by atoms with van der Waals surface area (Å²) in [6.07, 6.45) is 0.775. The minimum atomic E-state index is 0. The van der Waals surface area contributed by atoms with Crippen LogP contribution in [0.1, 0.15) is 10.4 Å². The summed E-state index contributed by atoms with van der Waals surface area (Å²) >= 11 is 5.84. The molecule has 0 amide bonds. The summed E-state index contributed by atoms with van der Waals surface area (Å²) in [6, 6.07) is 5.11. The number of ether oxygens (including phenoxy) is 1. The van der Waals surface area contributed by atoms with Gasteiger partial charge in [0.1, 0.15) is 12.4 Å². The molecule has 0 N–H and O–H groups in total. The molecule has 1 aliphatic rings. The quantitative estimate of drug-likeness (QED) is 0.779. The van der Waals surface area contributed by atoms with Crippen molar-refractivity contribution < 1.29 is 9.53 Å². The molecule has 112 valence electrons. The normalized spacial score (nSPS) is 16.5. The van der Waals surface area contributed by atoms with Crippen molar-refractivity contribution in [1.29, 1.82) is 0 Å². The molecule has 0 aliphatic carbocycles. The van der Waals surface area contributed by atoms with Crippen molar-refractivity contribution in [2.75, 3.05) is 46.4 Å². The van der Waals surface area contributed by atoms with Gasteiger partial charge in [-0.2, -0.15) is 0 Å². The van der Waals surface area contributed by atoms with E-state index in [1.54, 1.807) is 18.2 Å². The lowest BCUT2D eigenvalue weighted by Crippen LogP contribution is -2.45. The molecule has 0 unspecified atom stereocenters. The number of hydrogen-bond acceptors (Lipinski definition) is 4. The van der Waals surface area contributed by atoms with Gasteiger partial charge in [-0.1, -0.05) is 11.6 Å². The van der Waals surface area contributed by atoms with Crippen LogP contribution >= 0.6 is 24.0 Å². The highest BCUT2D eigenvalue weighted by Crippen LogP contribution is 2.21. The molecular formula is C14H20Cl2N2O2. The van der Waals surface area contributed by atoms with Gasteiger partial charge in [0.05, 0.1) is 5.56 Å². The highest BCUT2D eigenvalue weighted by atomic mass is 35.5. The van der Waals surface area contributed by atoms with E-state index in [-0.39, 0.29) is 12.4 Å². The Hall–Kier alpha value is -0.810. The van der Waals surface area contributed by atoms with E-state index in [1.807, 2.05) is 0 Å². The Balaban J connectivity index is 0.00000200. The molecule has 1 fully saturated rings.